The second kappa shape index (κ2) is 7.74. The molecule has 0 saturated heterocycles. The fraction of sp³-hybridized carbons (Fsp3) is 0.500. The maximum atomic E-state index is 13.3. The molecule has 0 aromatic heterocycles. The number of carbonyl (C=O) groups is 1. The fourth-order valence-corrected chi connectivity index (χ4v) is 1.84. The van der Waals surface area contributed by atoms with E-state index in [0.29, 0.717) is 19.5 Å². The average Bonchev–Trinajstić information content (AvgIpc) is 2.42. The van der Waals surface area contributed by atoms with Crippen molar-refractivity contribution in [2.45, 2.75) is 19.9 Å². The standard InChI is InChI=1S/C14H22FN3O/c1-4-17-10-11-9-12(15)5-6-13(11)18(3)8-7-14(19)16-2/h5-6,9,17H,4,7-8,10H2,1-3H3,(H,16,19). The van der Waals surface area contributed by atoms with E-state index in [1.54, 1.807) is 13.1 Å². The molecule has 0 bridgehead atoms. The Labute approximate surface area is 114 Å². The molecule has 0 radical (unpaired) electrons. The van der Waals surface area contributed by atoms with E-state index < -0.39 is 0 Å². The van der Waals surface area contributed by atoms with Crippen molar-refractivity contribution in [3.05, 3.63) is 29.6 Å². The smallest absolute Gasteiger partial charge is 0.221 e. The van der Waals surface area contributed by atoms with E-state index in [1.807, 2.05) is 18.9 Å². The van der Waals surface area contributed by atoms with E-state index in [1.165, 1.54) is 12.1 Å². The molecule has 0 unspecified atom stereocenters. The number of nitrogens with zero attached hydrogens (tertiary/aromatic N) is 1. The van der Waals surface area contributed by atoms with Crippen molar-refractivity contribution in [3.8, 4) is 0 Å². The topological polar surface area (TPSA) is 44.4 Å². The third-order valence-corrected chi connectivity index (χ3v) is 2.97. The maximum absolute atomic E-state index is 13.3. The largest absolute Gasteiger partial charge is 0.374 e. The van der Waals surface area contributed by atoms with Gasteiger partial charge in [-0.1, -0.05) is 6.92 Å². The van der Waals surface area contributed by atoms with Gasteiger partial charge in [0.1, 0.15) is 5.82 Å². The molecule has 0 atom stereocenters. The van der Waals surface area contributed by atoms with Gasteiger partial charge in [0.2, 0.25) is 5.91 Å². The predicted octanol–water partition coefficient (Wildman–Crippen LogP) is 1.51. The molecule has 0 spiro atoms. The van der Waals surface area contributed by atoms with Gasteiger partial charge >= 0.3 is 0 Å². The molecule has 2 N–H and O–H groups in total. The van der Waals surface area contributed by atoms with Crippen LogP contribution in [0.4, 0.5) is 10.1 Å². The monoisotopic (exact) mass is 267 g/mol. The zero-order valence-electron chi connectivity index (χ0n) is 11.8. The summed E-state index contributed by atoms with van der Waals surface area (Å²) in [5.41, 5.74) is 1.85. The SMILES string of the molecule is CCNCc1cc(F)ccc1N(C)CCC(=O)NC. The molecule has 0 heterocycles. The van der Waals surface area contributed by atoms with E-state index >= 15 is 0 Å². The van der Waals surface area contributed by atoms with Gasteiger partial charge in [-0.2, -0.15) is 0 Å². The van der Waals surface area contributed by atoms with Crippen LogP contribution in [-0.2, 0) is 11.3 Å². The van der Waals surface area contributed by atoms with Crippen LogP contribution in [0, 0.1) is 5.82 Å². The van der Waals surface area contributed by atoms with Crippen molar-refractivity contribution in [1.82, 2.24) is 10.6 Å². The Bertz CT molecular complexity index is 423. The molecule has 0 aliphatic rings. The summed E-state index contributed by atoms with van der Waals surface area (Å²) in [5, 5.41) is 5.78. The highest BCUT2D eigenvalue weighted by molar-refractivity contribution is 5.76. The van der Waals surface area contributed by atoms with Crippen molar-refractivity contribution in [2.75, 3.05) is 32.1 Å². The first kappa shape index (κ1) is 15.4. The lowest BCUT2D eigenvalue weighted by Crippen LogP contribution is -2.27. The number of hydrogen-bond donors (Lipinski definition) is 2. The van der Waals surface area contributed by atoms with Crippen molar-refractivity contribution < 1.29 is 9.18 Å². The minimum absolute atomic E-state index is 0.00203. The third-order valence-electron chi connectivity index (χ3n) is 2.97. The summed E-state index contributed by atoms with van der Waals surface area (Å²) >= 11 is 0. The first-order chi connectivity index (χ1) is 9.08. The van der Waals surface area contributed by atoms with Gasteiger partial charge in [-0.25, -0.2) is 4.39 Å². The minimum Gasteiger partial charge on any atom is -0.374 e. The molecule has 106 valence electrons. The van der Waals surface area contributed by atoms with Crippen molar-refractivity contribution in [1.29, 1.82) is 0 Å². The lowest BCUT2D eigenvalue weighted by molar-refractivity contribution is -0.120. The molecule has 4 nitrogen and oxygen atoms in total. The van der Waals surface area contributed by atoms with Crippen molar-refractivity contribution in [3.63, 3.8) is 0 Å². The molecule has 0 aliphatic heterocycles. The molecule has 1 aromatic rings. The highest BCUT2D eigenvalue weighted by Crippen LogP contribution is 2.20. The van der Waals surface area contributed by atoms with E-state index in [9.17, 15) is 9.18 Å². The summed E-state index contributed by atoms with van der Waals surface area (Å²) in [6, 6.07) is 4.74. The summed E-state index contributed by atoms with van der Waals surface area (Å²) in [4.78, 5) is 13.2. The lowest BCUT2D eigenvalue weighted by atomic mass is 10.1. The Balaban J connectivity index is 2.76. The normalized spacial score (nSPS) is 10.3. The number of benzene rings is 1. The Morgan fingerprint density at radius 3 is 2.79 bits per heavy atom. The Kier molecular flexibility index (Phi) is 6.29. The number of rotatable bonds is 7. The van der Waals surface area contributed by atoms with Crippen molar-refractivity contribution >= 4 is 11.6 Å². The first-order valence-corrected chi connectivity index (χ1v) is 6.49. The second-order valence-corrected chi connectivity index (χ2v) is 4.40. The Hall–Kier alpha value is -1.62. The maximum Gasteiger partial charge on any atom is 0.221 e. The number of nitrogens with one attached hydrogen (secondary N) is 2. The van der Waals surface area contributed by atoms with Crippen LogP contribution in [0.1, 0.15) is 18.9 Å². The number of carbonyl (C=O) groups excluding carboxylic acids is 1. The summed E-state index contributed by atoms with van der Waals surface area (Å²) < 4.78 is 13.3. The molecule has 0 fully saturated rings. The van der Waals surface area contributed by atoms with E-state index in [2.05, 4.69) is 10.6 Å². The van der Waals surface area contributed by atoms with Crippen LogP contribution in [0.25, 0.3) is 0 Å². The van der Waals surface area contributed by atoms with Crippen molar-refractivity contribution in [2.24, 2.45) is 0 Å². The van der Waals surface area contributed by atoms with Gasteiger partial charge in [0.25, 0.3) is 0 Å². The van der Waals surface area contributed by atoms with E-state index in [4.69, 9.17) is 0 Å². The van der Waals surface area contributed by atoms with Gasteiger partial charge in [0.05, 0.1) is 0 Å². The summed E-state index contributed by atoms with van der Waals surface area (Å²) in [6.45, 7) is 4.06. The molecule has 1 amide bonds. The lowest BCUT2D eigenvalue weighted by Gasteiger charge is -2.22. The third kappa shape index (κ3) is 4.87. The Morgan fingerprint density at radius 1 is 1.42 bits per heavy atom. The minimum atomic E-state index is -0.239. The van der Waals surface area contributed by atoms with Crippen LogP contribution in [0.5, 0.6) is 0 Å². The van der Waals surface area contributed by atoms with Crippen LogP contribution in [-0.4, -0.2) is 33.1 Å². The Morgan fingerprint density at radius 2 is 2.16 bits per heavy atom. The number of amides is 1. The quantitative estimate of drug-likeness (QED) is 0.787. The number of hydrogen-bond acceptors (Lipinski definition) is 3. The van der Waals surface area contributed by atoms with Gasteiger partial charge in [-0.3, -0.25) is 4.79 Å². The van der Waals surface area contributed by atoms with Gasteiger partial charge in [-0.15, -0.1) is 0 Å². The van der Waals surface area contributed by atoms with E-state index in [0.717, 1.165) is 17.8 Å². The van der Waals surface area contributed by atoms with Crippen LogP contribution in [0.3, 0.4) is 0 Å². The zero-order chi connectivity index (χ0) is 14.3. The molecule has 19 heavy (non-hydrogen) atoms. The highest BCUT2D eigenvalue weighted by Gasteiger charge is 2.09. The molecule has 0 aliphatic carbocycles. The number of halogens is 1. The van der Waals surface area contributed by atoms with Crippen LogP contribution in [0.2, 0.25) is 0 Å². The second-order valence-electron chi connectivity index (χ2n) is 4.40. The fourth-order valence-electron chi connectivity index (χ4n) is 1.84. The molecular weight excluding hydrogens is 245 g/mol. The number of anilines is 1. The molecule has 1 rings (SSSR count). The summed E-state index contributed by atoms with van der Waals surface area (Å²) in [7, 11) is 3.53. The highest BCUT2D eigenvalue weighted by atomic mass is 19.1. The average molecular weight is 267 g/mol. The van der Waals surface area contributed by atoms with E-state index in [-0.39, 0.29) is 11.7 Å². The summed E-state index contributed by atoms with van der Waals surface area (Å²) in [5.74, 6) is -0.237. The molecule has 1 aromatic carbocycles. The van der Waals surface area contributed by atoms with Gasteiger partial charge in [-0.05, 0) is 30.3 Å². The van der Waals surface area contributed by atoms with Gasteiger partial charge < -0.3 is 15.5 Å². The predicted molar refractivity (Wildman–Crippen MR) is 75.7 cm³/mol. The molecular formula is C14H22FN3O. The first-order valence-electron chi connectivity index (χ1n) is 6.49. The zero-order valence-corrected chi connectivity index (χ0v) is 11.8. The molecule has 0 saturated carbocycles. The van der Waals surface area contributed by atoms with Gasteiger partial charge in [0, 0.05) is 39.3 Å². The van der Waals surface area contributed by atoms with Gasteiger partial charge in [0.15, 0.2) is 0 Å². The van der Waals surface area contributed by atoms with Crippen LogP contribution in [0.15, 0.2) is 18.2 Å². The molecule has 5 heteroatoms. The van der Waals surface area contributed by atoms with Crippen LogP contribution >= 0.6 is 0 Å². The van der Waals surface area contributed by atoms with Crippen LogP contribution < -0.4 is 15.5 Å². The summed E-state index contributed by atoms with van der Waals surface area (Å²) in [6.07, 6.45) is 0.422.